The van der Waals surface area contributed by atoms with Crippen LogP contribution in [0.15, 0.2) is 24.3 Å². The minimum absolute atomic E-state index is 0.0331. The molecule has 1 heterocycles. The van der Waals surface area contributed by atoms with Gasteiger partial charge in [-0.25, -0.2) is 9.18 Å². The Morgan fingerprint density at radius 1 is 1.09 bits per heavy atom. The van der Waals surface area contributed by atoms with Crippen LogP contribution in [0.5, 0.6) is 0 Å². The van der Waals surface area contributed by atoms with Crippen LogP contribution in [-0.2, 0) is 20.9 Å². The van der Waals surface area contributed by atoms with Crippen LogP contribution in [0.1, 0.15) is 31.7 Å². The van der Waals surface area contributed by atoms with Crippen molar-refractivity contribution in [3.05, 3.63) is 35.6 Å². The van der Waals surface area contributed by atoms with Crippen molar-refractivity contribution in [1.82, 2.24) is 25.8 Å². The number of halogens is 1. The minimum Gasteiger partial charge on any atom is -0.385 e. The number of piperazine rings is 1. The lowest BCUT2D eigenvalue weighted by Gasteiger charge is -2.36. The molecule has 1 aromatic rings. The van der Waals surface area contributed by atoms with Crippen LogP contribution < -0.4 is 16.0 Å². The molecule has 0 spiro atoms. The van der Waals surface area contributed by atoms with Gasteiger partial charge in [0.25, 0.3) is 0 Å². The van der Waals surface area contributed by atoms with E-state index in [1.807, 2.05) is 11.8 Å². The van der Waals surface area contributed by atoms with E-state index in [1.165, 1.54) is 12.1 Å². The van der Waals surface area contributed by atoms with Crippen molar-refractivity contribution in [2.24, 2.45) is 0 Å². The van der Waals surface area contributed by atoms with Gasteiger partial charge in [-0.05, 0) is 30.5 Å². The summed E-state index contributed by atoms with van der Waals surface area (Å²) in [6.45, 7) is 5.92. The number of methoxy groups -OCH3 is 1. The maximum absolute atomic E-state index is 13.0. The highest BCUT2D eigenvalue weighted by Crippen LogP contribution is 2.08. The van der Waals surface area contributed by atoms with Crippen molar-refractivity contribution in [3.8, 4) is 0 Å². The highest BCUT2D eigenvalue weighted by Gasteiger charge is 2.28. The smallest absolute Gasteiger partial charge is 0.315 e. The molecule has 184 valence electrons. The Hall–Kier alpha value is -2.72. The monoisotopic (exact) mass is 465 g/mol. The minimum atomic E-state index is -0.612. The summed E-state index contributed by atoms with van der Waals surface area (Å²) in [4.78, 5) is 41.1. The number of ether oxygens (including phenoxy) is 1. The first-order valence-corrected chi connectivity index (χ1v) is 11.5. The van der Waals surface area contributed by atoms with Gasteiger partial charge in [0.1, 0.15) is 11.9 Å². The predicted molar refractivity (Wildman–Crippen MR) is 123 cm³/mol. The number of nitrogens with one attached hydrogen (secondary N) is 3. The van der Waals surface area contributed by atoms with Crippen molar-refractivity contribution in [2.45, 2.75) is 38.8 Å². The number of benzene rings is 1. The summed E-state index contributed by atoms with van der Waals surface area (Å²) in [5.74, 6) is -0.480. The standard InChI is InChI=1S/C23H36FN5O4/c1-3-5-20(27-23(32)26-16-18-6-8-19(24)9-7-18)22(31)29-13-11-28(12-14-29)17-21(30)25-10-4-15-33-2/h6-9,20H,3-5,10-17H2,1-2H3,(H,25,30)(H2,26,27,32). The molecule has 1 atom stereocenters. The maximum Gasteiger partial charge on any atom is 0.315 e. The fourth-order valence-corrected chi connectivity index (χ4v) is 3.59. The van der Waals surface area contributed by atoms with Crippen molar-refractivity contribution >= 4 is 17.8 Å². The van der Waals surface area contributed by atoms with E-state index in [4.69, 9.17) is 4.74 Å². The van der Waals surface area contributed by atoms with Gasteiger partial charge >= 0.3 is 6.03 Å². The number of carbonyl (C=O) groups excluding carboxylic acids is 3. The second kappa shape index (κ2) is 14.4. The summed E-state index contributed by atoms with van der Waals surface area (Å²) in [7, 11) is 1.63. The SMILES string of the molecule is CCCC(NC(=O)NCc1ccc(F)cc1)C(=O)N1CCN(CC(=O)NCCCOC)CC1. The van der Waals surface area contributed by atoms with Gasteiger partial charge in [-0.15, -0.1) is 0 Å². The van der Waals surface area contributed by atoms with Crippen LogP contribution >= 0.6 is 0 Å². The molecule has 1 aliphatic rings. The van der Waals surface area contributed by atoms with E-state index in [0.717, 1.165) is 18.4 Å². The van der Waals surface area contributed by atoms with E-state index >= 15 is 0 Å². The van der Waals surface area contributed by atoms with E-state index < -0.39 is 12.1 Å². The zero-order chi connectivity index (χ0) is 24.1. The number of hydrogen-bond acceptors (Lipinski definition) is 5. The van der Waals surface area contributed by atoms with Gasteiger partial charge in [0, 0.05) is 53.0 Å². The van der Waals surface area contributed by atoms with E-state index in [1.54, 1.807) is 24.1 Å². The summed E-state index contributed by atoms with van der Waals surface area (Å²) in [5.41, 5.74) is 0.767. The molecule has 9 nitrogen and oxygen atoms in total. The van der Waals surface area contributed by atoms with Crippen LogP contribution in [-0.4, -0.2) is 86.7 Å². The normalized spacial score (nSPS) is 15.1. The first-order chi connectivity index (χ1) is 15.9. The Morgan fingerprint density at radius 3 is 2.42 bits per heavy atom. The van der Waals surface area contributed by atoms with Gasteiger partial charge < -0.3 is 25.6 Å². The largest absolute Gasteiger partial charge is 0.385 e. The number of amides is 4. The molecule has 10 heteroatoms. The summed E-state index contributed by atoms with van der Waals surface area (Å²) in [6.07, 6.45) is 2.05. The van der Waals surface area contributed by atoms with Crippen molar-refractivity contribution in [3.63, 3.8) is 0 Å². The average molecular weight is 466 g/mol. The molecule has 0 radical (unpaired) electrons. The highest BCUT2D eigenvalue weighted by atomic mass is 19.1. The third-order valence-corrected chi connectivity index (χ3v) is 5.45. The number of carbonyl (C=O) groups is 3. The molecular weight excluding hydrogens is 429 g/mol. The van der Waals surface area contributed by atoms with Crippen LogP contribution in [0.2, 0.25) is 0 Å². The molecule has 0 saturated carbocycles. The maximum atomic E-state index is 13.0. The molecule has 0 aromatic heterocycles. The fourth-order valence-electron chi connectivity index (χ4n) is 3.59. The molecule has 33 heavy (non-hydrogen) atoms. The Balaban J connectivity index is 1.75. The lowest BCUT2D eigenvalue weighted by atomic mass is 10.1. The average Bonchev–Trinajstić information content (AvgIpc) is 2.81. The molecule has 0 aliphatic carbocycles. The van der Waals surface area contributed by atoms with Crippen molar-refractivity contribution in [1.29, 1.82) is 0 Å². The van der Waals surface area contributed by atoms with Gasteiger partial charge in [0.2, 0.25) is 11.8 Å². The molecule has 1 aromatic carbocycles. The second-order valence-electron chi connectivity index (χ2n) is 8.09. The van der Waals surface area contributed by atoms with Crippen LogP contribution in [0.3, 0.4) is 0 Å². The Labute approximate surface area is 195 Å². The van der Waals surface area contributed by atoms with Crippen LogP contribution in [0.25, 0.3) is 0 Å². The van der Waals surface area contributed by atoms with E-state index in [-0.39, 0.29) is 24.2 Å². The summed E-state index contributed by atoms with van der Waals surface area (Å²) in [5, 5.41) is 8.35. The quantitative estimate of drug-likeness (QED) is 0.401. The first kappa shape index (κ1) is 26.5. The van der Waals surface area contributed by atoms with Gasteiger partial charge in [-0.2, -0.15) is 0 Å². The van der Waals surface area contributed by atoms with Gasteiger partial charge in [-0.1, -0.05) is 25.5 Å². The van der Waals surface area contributed by atoms with Gasteiger partial charge in [0.05, 0.1) is 6.54 Å². The van der Waals surface area contributed by atoms with E-state index in [0.29, 0.717) is 52.3 Å². The van der Waals surface area contributed by atoms with Crippen LogP contribution in [0.4, 0.5) is 9.18 Å². The number of urea groups is 1. The van der Waals surface area contributed by atoms with Crippen LogP contribution in [0, 0.1) is 5.82 Å². The number of nitrogens with zero attached hydrogens (tertiary/aromatic N) is 2. The van der Waals surface area contributed by atoms with Crippen molar-refractivity contribution in [2.75, 3.05) is 53.0 Å². The van der Waals surface area contributed by atoms with Gasteiger partial charge in [-0.3, -0.25) is 14.5 Å². The Kier molecular flexibility index (Phi) is 11.6. The lowest BCUT2D eigenvalue weighted by Crippen LogP contribution is -2.56. The topological polar surface area (TPSA) is 103 Å². The Morgan fingerprint density at radius 2 is 1.79 bits per heavy atom. The highest BCUT2D eigenvalue weighted by molar-refractivity contribution is 5.87. The van der Waals surface area contributed by atoms with E-state index in [9.17, 15) is 18.8 Å². The Bertz CT molecular complexity index is 754. The summed E-state index contributed by atoms with van der Waals surface area (Å²) >= 11 is 0. The first-order valence-electron chi connectivity index (χ1n) is 11.5. The lowest BCUT2D eigenvalue weighted by molar-refractivity contribution is -0.135. The molecule has 0 bridgehead atoms. The van der Waals surface area contributed by atoms with Gasteiger partial charge in [0.15, 0.2) is 0 Å². The third-order valence-electron chi connectivity index (χ3n) is 5.45. The third kappa shape index (κ3) is 9.75. The summed E-state index contributed by atoms with van der Waals surface area (Å²) in [6, 6.07) is 4.83. The number of rotatable bonds is 12. The molecule has 4 amide bonds. The number of hydrogen-bond donors (Lipinski definition) is 3. The van der Waals surface area contributed by atoms with Crippen molar-refractivity contribution < 1.29 is 23.5 Å². The second-order valence-corrected chi connectivity index (χ2v) is 8.09. The fraction of sp³-hybridized carbons (Fsp3) is 0.609. The molecule has 3 N–H and O–H groups in total. The zero-order valence-electron chi connectivity index (χ0n) is 19.6. The molecule has 1 fully saturated rings. The molecular formula is C23H36FN5O4. The zero-order valence-corrected chi connectivity index (χ0v) is 19.6. The molecule has 1 aliphatic heterocycles. The molecule has 1 saturated heterocycles. The predicted octanol–water partition coefficient (Wildman–Crippen LogP) is 1.09. The van der Waals surface area contributed by atoms with E-state index in [2.05, 4.69) is 16.0 Å². The molecule has 2 rings (SSSR count). The summed E-state index contributed by atoms with van der Waals surface area (Å²) < 4.78 is 18.0. The molecule has 1 unspecified atom stereocenters.